The SMILES string of the molecule is CC(C)(C)c1cc2c([N+](=O)[O-])ccc(F)c2nc1Cl. The van der Waals surface area contributed by atoms with Crippen molar-refractivity contribution in [3.8, 4) is 0 Å². The van der Waals surface area contributed by atoms with E-state index >= 15 is 0 Å². The molecule has 19 heavy (non-hydrogen) atoms. The summed E-state index contributed by atoms with van der Waals surface area (Å²) in [6, 6.07) is 3.71. The van der Waals surface area contributed by atoms with Gasteiger partial charge in [0.15, 0.2) is 0 Å². The number of nitro benzene ring substituents is 1. The Labute approximate surface area is 114 Å². The number of aromatic nitrogens is 1. The van der Waals surface area contributed by atoms with E-state index in [-0.39, 0.29) is 27.2 Å². The van der Waals surface area contributed by atoms with Crippen molar-refractivity contribution < 1.29 is 9.31 Å². The molecular formula is C13H12ClFN2O2. The summed E-state index contributed by atoms with van der Waals surface area (Å²) in [6.07, 6.45) is 0. The van der Waals surface area contributed by atoms with Gasteiger partial charge in [0.1, 0.15) is 16.5 Å². The Bertz CT molecular complexity index is 680. The van der Waals surface area contributed by atoms with Crippen molar-refractivity contribution in [2.45, 2.75) is 26.2 Å². The minimum Gasteiger partial charge on any atom is -0.258 e. The van der Waals surface area contributed by atoms with Gasteiger partial charge in [0, 0.05) is 6.07 Å². The van der Waals surface area contributed by atoms with E-state index in [1.165, 1.54) is 0 Å². The van der Waals surface area contributed by atoms with Crippen molar-refractivity contribution in [3.05, 3.63) is 44.8 Å². The molecule has 1 aromatic carbocycles. The predicted octanol–water partition coefficient (Wildman–Crippen LogP) is 4.23. The average Bonchev–Trinajstić information content (AvgIpc) is 2.27. The van der Waals surface area contributed by atoms with Gasteiger partial charge in [-0.3, -0.25) is 10.1 Å². The molecule has 0 N–H and O–H groups in total. The third-order valence-electron chi connectivity index (χ3n) is 2.87. The van der Waals surface area contributed by atoms with E-state index in [2.05, 4.69) is 4.98 Å². The van der Waals surface area contributed by atoms with Crippen molar-refractivity contribution in [1.29, 1.82) is 0 Å². The van der Waals surface area contributed by atoms with Crippen molar-refractivity contribution in [2.24, 2.45) is 0 Å². The van der Waals surface area contributed by atoms with Crippen LogP contribution in [0.3, 0.4) is 0 Å². The molecule has 0 fully saturated rings. The number of hydrogen-bond donors (Lipinski definition) is 0. The number of pyridine rings is 1. The van der Waals surface area contributed by atoms with Crippen LogP contribution in [0.4, 0.5) is 10.1 Å². The molecule has 2 rings (SSSR count). The highest BCUT2D eigenvalue weighted by Gasteiger charge is 2.23. The Kier molecular flexibility index (Phi) is 3.18. The molecular weight excluding hydrogens is 271 g/mol. The molecule has 0 atom stereocenters. The van der Waals surface area contributed by atoms with Crippen LogP contribution in [0.2, 0.25) is 5.15 Å². The van der Waals surface area contributed by atoms with Crippen LogP contribution in [-0.4, -0.2) is 9.91 Å². The summed E-state index contributed by atoms with van der Waals surface area (Å²) in [5.74, 6) is -0.622. The van der Waals surface area contributed by atoms with E-state index < -0.39 is 10.7 Å². The van der Waals surface area contributed by atoms with E-state index in [0.717, 1.165) is 12.1 Å². The molecule has 1 heterocycles. The molecule has 2 aromatic rings. The number of benzene rings is 1. The maximum Gasteiger partial charge on any atom is 0.278 e. The van der Waals surface area contributed by atoms with E-state index in [9.17, 15) is 14.5 Å². The summed E-state index contributed by atoms with van der Waals surface area (Å²) in [5, 5.41) is 11.3. The zero-order chi connectivity index (χ0) is 14.4. The van der Waals surface area contributed by atoms with Gasteiger partial charge < -0.3 is 0 Å². The fraction of sp³-hybridized carbons (Fsp3) is 0.308. The van der Waals surface area contributed by atoms with Crippen LogP contribution in [0, 0.1) is 15.9 Å². The second kappa shape index (κ2) is 4.42. The molecule has 0 saturated heterocycles. The van der Waals surface area contributed by atoms with Crippen molar-refractivity contribution >= 4 is 28.2 Å². The van der Waals surface area contributed by atoms with Gasteiger partial charge in [-0.1, -0.05) is 32.4 Å². The largest absolute Gasteiger partial charge is 0.278 e. The van der Waals surface area contributed by atoms with Crippen molar-refractivity contribution in [3.63, 3.8) is 0 Å². The van der Waals surface area contributed by atoms with Gasteiger partial charge in [0.2, 0.25) is 0 Å². The molecule has 6 heteroatoms. The second-order valence-corrected chi connectivity index (χ2v) is 5.65. The highest BCUT2D eigenvalue weighted by molar-refractivity contribution is 6.30. The van der Waals surface area contributed by atoms with Gasteiger partial charge >= 0.3 is 0 Å². The van der Waals surface area contributed by atoms with E-state index in [1.54, 1.807) is 6.07 Å². The second-order valence-electron chi connectivity index (χ2n) is 5.30. The summed E-state index contributed by atoms with van der Waals surface area (Å²) in [6.45, 7) is 5.73. The number of rotatable bonds is 1. The average molecular weight is 283 g/mol. The summed E-state index contributed by atoms with van der Waals surface area (Å²) < 4.78 is 13.7. The topological polar surface area (TPSA) is 56.0 Å². The third kappa shape index (κ3) is 2.38. The maximum absolute atomic E-state index is 13.7. The minimum atomic E-state index is -0.622. The van der Waals surface area contributed by atoms with E-state index in [0.29, 0.717) is 5.56 Å². The van der Waals surface area contributed by atoms with Gasteiger partial charge in [0.25, 0.3) is 5.69 Å². The highest BCUT2D eigenvalue weighted by atomic mass is 35.5. The van der Waals surface area contributed by atoms with Crippen LogP contribution < -0.4 is 0 Å². The fourth-order valence-corrected chi connectivity index (χ4v) is 2.30. The first kappa shape index (κ1) is 13.7. The normalized spacial score (nSPS) is 11.8. The number of nitrogens with zero attached hydrogens (tertiary/aromatic N) is 2. The van der Waals surface area contributed by atoms with Crippen LogP contribution in [0.1, 0.15) is 26.3 Å². The molecule has 1 aromatic heterocycles. The molecule has 100 valence electrons. The molecule has 0 unspecified atom stereocenters. The maximum atomic E-state index is 13.7. The molecule has 0 amide bonds. The van der Waals surface area contributed by atoms with Gasteiger partial charge in [-0.2, -0.15) is 0 Å². The van der Waals surface area contributed by atoms with Crippen molar-refractivity contribution in [2.75, 3.05) is 0 Å². The summed E-state index contributed by atoms with van der Waals surface area (Å²) in [7, 11) is 0. The predicted molar refractivity (Wildman–Crippen MR) is 72.1 cm³/mol. The molecule has 0 saturated carbocycles. The summed E-state index contributed by atoms with van der Waals surface area (Å²) in [4.78, 5) is 14.4. The zero-order valence-corrected chi connectivity index (χ0v) is 11.5. The van der Waals surface area contributed by atoms with Gasteiger partial charge in [0.05, 0.1) is 10.3 Å². The summed E-state index contributed by atoms with van der Waals surface area (Å²) in [5.41, 5.74) is 0.0620. The Morgan fingerprint density at radius 1 is 1.37 bits per heavy atom. The van der Waals surface area contributed by atoms with E-state index in [1.807, 2.05) is 20.8 Å². The quantitative estimate of drug-likeness (QED) is 0.447. The lowest BCUT2D eigenvalue weighted by Crippen LogP contribution is -2.13. The first-order valence-electron chi connectivity index (χ1n) is 5.65. The Morgan fingerprint density at radius 2 is 2.00 bits per heavy atom. The molecule has 0 radical (unpaired) electrons. The first-order valence-corrected chi connectivity index (χ1v) is 6.03. The lowest BCUT2D eigenvalue weighted by atomic mass is 9.87. The number of halogens is 2. The fourth-order valence-electron chi connectivity index (χ4n) is 1.87. The molecule has 4 nitrogen and oxygen atoms in total. The highest BCUT2D eigenvalue weighted by Crippen LogP contribution is 2.35. The minimum absolute atomic E-state index is 0.0767. The molecule has 0 aliphatic carbocycles. The van der Waals surface area contributed by atoms with E-state index in [4.69, 9.17) is 11.6 Å². The Hall–Kier alpha value is -1.75. The van der Waals surface area contributed by atoms with Crippen molar-refractivity contribution in [1.82, 2.24) is 4.98 Å². The van der Waals surface area contributed by atoms with Gasteiger partial charge in [-0.05, 0) is 23.1 Å². The van der Waals surface area contributed by atoms with Crippen LogP contribution in [0.15, 0.2) is 18.2 Å². The standard InChI is InChI=1S/C13H12ClFN2O2/c1-13(2,3)8-6-7-10(17(18)19)5-4-9(15)11(7)16-12(8)14/h4-6H,1-3H3. The van der Waals surface area contributed by atoms with Gasteiger partial charge in [-0.15, -0.1) is 0 Å². The van der Waals surface area contributed by atoms with Crippen LogP contribution in [0.25, 0.3) is 10.9 Å². The van der Waals surface area contributed by atoms with Crippen LogP contribution >= 0.6 is 11.6 Å². The van der Waals surface area contributed by atoms with Crippen LogP contribution in [-0.2, 0) is 5.41 Å². The number of hydrogen-bond acceptors (Lipinski definition) is 3. The lowest BCUT2D eigenvalue weighted by Gasteiger charge is -2.20. The number of non-ortho nitro benzene ring substituents is 1. The Morgan fingerprint density at radius 3 is 2.53 bits per heavy atom. The monoisotopic (exact) mass is 282 g/mol. The number of nitro groups is 1. The summed E-state index contributed by atoms with van der Waals surface area (Å²) >= 11 is 6.04. The lowest BCUT2D eigenvalue weighted by molar-refractivity contribution is -0.383. The smallest absolute Gasteiger partial charge is 0.258 e. The van der Waals surface area contributed by atoms with Gasteiger partial charge in [-0.25, -0.2) is 9.37 Å². The molecule has 0 spiro atoms. The molecule has 0 aliphatic heterocycles. The Balaban J connectivity index is 2.90. The molecule has 0 bridgehead atoms. The number of fused-ring (bicyclic) bond motifs is 1. The zero-order valence-electron chi connectivity index (χ0n) is 10.7. The molecule has 0 aliphatic rings. The van der Waals surface area contributed by atoms with Crippen LogP contribution in [0.5, 0.6) is 0 Å². The first-order chi connectivity index (χ1) is 8.71. The third-order valence-corrected chi connectivity index (χ3v) is 3.16.